The first-order chi connectivity index (χ1) is 13.5. The standard InChI is InChI=1S/C19H18Cl2N4O4/c1-19(2,3)29-18(28)25-7-10-13(14(10)17(25)27)16(26)24-12-5-8-4-11(20)23-15(21)9(8)6-22-12/h4-6,10,13-14H,7H2,1-3H3,(H,22,24,26). The first-order valence-corrected chi connectivity index (χ1v) is 9.78. The second kappa shape index (κ2) is 6.81. The summed E-state index contributed by atoms with van der Waals surface area (Å²) < 4.78 is 5.24. The number of halogens is 2. The number of pyridine rings is 2. The van der Waals surface area contributed by atoms with E-state index in [9.17, 15) is 14.4 Å². The molecule has 0 bridgehead atoms. The zero-order valence-corrected chi connectivity index (χ0v) is 17.4. The number of anilines is 1. The number of fused-ring (bicyclic) bond motifs is 2. The monoisotopic (exact) mass is 436 g/mol. The Bertz CT molecular complexity index is 1050. The number of amides is 3. The molecule has 3 unspecified atom stereocenters. The second-order valence-corrected chi connectivity index (χ2v) is 8.91. The van der Waals surface area contributed by atoms with Crippen molar-refractivity contribution in [2.24, 2.45) is 17.8 Å². The van der Waals surface area contributed by atoms with Crippen LogP contribution >= 0.6 is 23.2 Å². The first-order valence-electron chi connectivity index (χ1n) is 9.02. The molecule has 3 atom stereocenters. The highest BCUT2D eigenvalue weighted by Gasteiger charge is 2.66. The molecule has 0 aromatic carbocycles. The van der Waals surface area contributed by atoms with Gasteiger partial charge in [-0.2, -0.15) is 0 Å². The Morgan fingerprint density at radius 2 is 2.00 bits per heavy atom. The molecule has 2 aromatic heterocycles. The third kappa shape index (κ3) is 3.74. The second-order valence-electron chi connectivity index (χ2n) is 8.16. The van der Waals surface area contributed by atoms with Crippen LogP contribution in [0.3, 0.4) is 0 Å². The Kier molecular flexibility index (Phi) is 4.66. The van der Waals surface area contributed by atoms with Gasteiger partial charge in [0.05, 0.1) is 11.8 Å². The van der Waals surface area contributed by atoms with E-state index in [1.165, 1.54) is 6.20 Å². The van der Waals surface area contributed by atoms with Crippen molar-refractivity contribution in [2.45, 2.75) is 26.4 Å². The molecular formula is C19H18Cl2N4O4. The number of aromatic nitrogens is 2. The van der Waals surface area contributed by atoms with E-state index in [1.807, 2.05) is 0 Å². The van der Waals surface area contributed by atoms with Gasteiger partial charge in [-0.15, -0.1) is 0 Å². The Labute approximate surface area is 176 Å². The topological polar surface area (TPSA) is 101 Å². The summed E-state index contributed by atoms with van der Waals surface area (Å²) in [5, 5.41) is 4.47. The van der Waals surface area contributed by atoms with Crippen molar-refractivity contribution in [3.05, 3.63) is 28.6 Å². The highest BCUT2D eigenvalue weighted by molar-refractivity contribution is 6.36. The van der Waals surface area contributed by atoms with Gasteiger partial charge in [0.1, 0.15) is 21.7 Å². The number of nitrogens with zero attached hydrogens (tertiary/aromatic N) is 3. The zero-order chi connectivity index (χ0) is 21.1. The molecule has 152 valence electrons. The SMILES string of the molecule is CC(C)(C)OC(=O)N1CC2C(C(=O)Nc3cc4cc(Cl)nc(Cl)c4cn3)C2C1=O. The van der Waals surface area contributed by atoms with Gasteiger partial charge in [-0.1, -0.05) is 23.2 Å². The zero-order valence-electron chi connectivity index (χ0n) is 15.9. The Morgan fingerprint density at radius 1 is 1.28 bits per heavy atom. The van der Waals surface area contributed by atoms with Gasteiger partial charge in [-0.25, -0.2) is 19.7 Å². The van der Waals surface area contributed by atoms with Crippen LogP contribution in [0.1, 0.15) is 20.8 Å². The molecule has 3 heterocycles. The van der Waals surface area contributed by atoms with Gasteiger partial charge >= 0.3 is 6.09 Å². The van der Waals surface area contributed by atoms with E-state index in [2.05, 4.69) is 15.3 Å². The summed E-state index contributed by atoms with van der Waals surface area (Å²) in [4.78, 5) is 46.4. The molecule has 0 spiro atoms. The predicted octanol–water partition coefficient (Wildman–Crippen LogP) is 3.51. The Balaban J connectivity index is 1.42. The lowest BCUT2D eigenvalue weighted by Gasteiger charge is -2.24. The molecule has 10 heteroatoms. The smallest absolute Gasteiger partial charge is 0.417 e. The van der Waals surface area contributed by atoms with E-state index in [0.29, 0.717) is 16.6 Å². The average Bonchev–Trinajstić information content (AvgIpc) is 3.21. The Hall–Kier alpha value is -2.45. The third-order valence-corrected chi connectivity index (χ3v) is 5.40. The van der Waals surface area contributed by atoms with E-state index in [0.717, 1.165) is 4.90 Å². The maximum Gasteiger partial charge on any atom is 0.417 e. The number of hydrogen-bond acceptors (Lipinski definition) is 6. The molecule has 1 saturated heterocycles. The average molecular weight is 437 g/mol. The van der Waals surface area contributed by atoms with E-state index < -0.39 is 23.5 Å². The fourth-order valence-electron chi connectivity index (χ4n) is 3.61. The van der Waals surface area contributed by atoms with Crippen LogP contribution in [-0.2, 0) is 14.3 Å². The Morgan fingerprint density at radius 3 is 2.62 bits per heavy atom. The van der Waals surface area contributed by atoms with Gasteiger partial charge in [0, 0.05) is 24.0 Å². The van der Waals surface area contributed by atoms with Crippen molar-refractivity contribution in [3.8, 4) is 0 Å². The highest BCUT2D eigenvalue weighted by Crippen LogP contribution is 2.53. The van der Waals surface area contributed by atoms with E-state index >= 15 is 0 Å². The number of carbonyl (C=O) groups excluding carboxylic acids is 3. The minimum absolute atomic E-state index is 0.179. The quantitative estimate of drug-likeness (QED) is 0.722. The molecule has 3 amide bonds. The van der Waals surface area contributed by atoms with Crippen LogP contribution in [0.15, 0.2) is 18.3 Å². The van der Waals surface area contributed by atoms with Crippen LogP contribution in [0.4, 0.5) is 10.6 Å². The lowest BCUT2D eigenvalue weighted by Crippen LogP contribution is -2.41. The third-order valence-electron chi connectivity index (χ3n) is 4.92. The maximum absolute atomic E-state index is 12.6. The number of likely N-dealkylation sites (tertiary alicyclic amines) is 1. The van der Waals surface area contributed by atoms with E-state index in [1.54, 1.807) is 32.9 Å². The van der Waals surface area contributed by atoms with Crippen molar-refractivity contribution < 1.29 is 19.1 Å². The van der Waals surface area contributed by atoms with Gasteiger partial charge in [0.25, 0.3) is 0 Å². The van der Waals surface area contributed by atoms with Gasteiger partial charge in [-0.05, 0) is 38.3 Å². The summed E-state index contributed by atoms with van der Waals surface area (Å²) in [5.74, 6) is -1.55. The number of carbonyl (C=O) groups is 3. The van der Waals surface area contributed by atoms with Gasteiger partial charge < -0.3 is 10.1 Å². The number of nitrogens with one attached hydrogen (secondary N) is 1. The van der Waals surface area contributed by atoms with Crippen molar-refractivity contribution in [1.82, 2.24) is 14.9 Å². The first kappa shape index (κ1) is 19.8. The molecule has 1 saturated carbocycles. The minimum atomic E-state index is -0.690. The summed E-state index contributed by atoms with van der Waals surface area (Å²) >= 11 is 12.0. The lowest BCUT2D eigenvalue weighted by molar-refractivity contribution is -0.132. The van der Waals surface area contributed by atoms with Gasteiger partial charge in [0.2, 0.25) is 11.8 Å². The minimum Gasteiger partial charge on any atom is -0.443 e. The van der Waals surface area contributed by atoms with Crippen LogP contribution in [0.2, 0.25) is 10.3 Å². The lowest BCUT2D eigenvalue weighted by atomic mass is 10.2. The molecule has 1 N–H and O–H groups in total. The number of hydrogen-bond donors (Lipinski definition) is 1. The summed E-state index contributed by atoms with van der Waals surface area (Å²) in [6.45, 7) is 5.37. The summed E-state index contributed by atoms with van der Waals surface area (Å²) in [6.07, 6.45) is 0.826. The van der Waals surface area contributed by atoms with Crippen LogP contribution in [0.25, 0.3) is 10.8 Å². The summed E-state index contributed by atoms with van der Waals surface area (Å²) in [5.41, 5.74) is -0.690. The van der Waals surface area contributed by atoms with Crippen molar-refractivity contribution in [3.63, 3.8) is 0 Å². The maximum atomic E-state index is 12.6. The predicted molar refractivity (Wildman–Crippen MR) is 107 cm³/mol. The largest absolute Gasteiger partial charge is 0.443 e. The van der Waals surface area contributed by atoms with E-state index in [4.69, 9.17) is 27.9 Å². The molecular weight excluding hydrogens is 419 g/mol. The number of rotatable bonds is 2. The molecule has 2 fully saturated rings. The van der Waals surface area contributed by atoms with Crippen molar-refractivity contribution in [2.75, 3.05) is 11.9 Å². The van der Waals surface area contributed by atoms with Crippen LogP contribution < -0.4 is 5.32 Å². The normalized spacial score (nSPS) is 23.1. The molecule has 2 aromatic rings. The van der Waals surface area contributed by atoms with Gasteiger partial charge in [0.15, 0.2) is 0 Å². The van der Waals surface area contributed by atoms with Crippen LogP contribution in [0, 0.1) is 17.8 Å². The molecule has 29 heavy (non-hydrogen) atoms. The van der Waals surface area contributed by atoms with Crippen molar-refractivity contribution >= 4 is 57.7 Å². The molecule has 8 nitrogen and oxygen atoms in total. The fourth-order valence-corrected chi connectivity index (χ4v) is 4.11. The van der Waals surface area contributed by atoms with Crippen LogP contribution in [-0.4, -0.2) is 44.9 Å². The summed E-state index contributed by atoms with van der Waals surface area (Å²) in [7, 11) is 0. The highest BCUT2D eigenvalue weighted by atomic mass is 35.5. The summed E-state index contributed by atoms with van der Waals surface area (Å²) in [6, 6.07) is 3.26. The van der Waals surface area contributed by atoms with Crippen LogP contribution in [0.5, 0.6) is 0 Å². The number of imide groups is 1. The van der Waals surface area contributed by atoms with Crippen molar-refractivity contribution in [1.29, 1.82) is 0 Å². The fraction of sp³-hybridized carbons (Fsp3) is 0.421. The molecule has 2 aliphatic rings. The van der Waals surface area contributed by atoms with Gasteiger partial charge in [-0.3, -0.25) is 9.59 Å². The van der Waals surface area contributed by atoms with E-state index in [-0.39, 0.29) is 34.6 Å². The molecule has 1 aliphatic carbocycles. The molecule has 4 rings (SSSR count). The molecule has 1 aliphatic heterocycles. The number of piperidine rings is 1. The molecule has 0 radical (unpaired) electrons. The number of ether oxygens (including phenoxy) is 1.